The Labute approximate surface area is 90.8 Å². The third-order valence-electron chi connectivity index (χ3n) is 2.38. The van der Waals surface area contributed by atoms with Crippen molar-refractivity contribution in [2.45, 2.75) is 6.92 Å². The predicted octanol–water partition coefficient (Wildman–Crippen LogP) is 2.10. The van der Waals surface area contributed by atoms with Gasteiger partial charge in [0.25, 0.3) is 0 Å². The number of fused-ring (bicyclic) bond motifs is 1. The topological polar surface area (TPSA) is 35.1 Å². The lowest BCUT2D eigenvalue weighted by atomic mass is 10.2. The standard InChI is InChI=1S/C10H10N4S/c1-7-8(5-13(2)12-7)9-6-14-3-4-15-10(14)11-9/h3-6H,1-2H3. The first kappa shape index (κ1) is 8.67. The fourth-order valence-corrected chi connectivity index (χ4v) is 2.41. The van der Waals surface area contributed by atoms with Crippen molar-refractivity contribution in [1.82, 2.24) is 19.2 Å². The second-order valence-corrected chi connectivity index (χ2v) is 4.39. The molecule has 0 fully saturated rings. The molecule has 3 aromatic rings. The maximum Gasteiger partial charge on any atom is 0.194 e. The molecule has 0 saturated heterocycles. The van der Waals surface area contributed by atoms with Gasteiger partial charge < -0.3 is 0 Å². The van der Waals surface area contributed by atoms with E-state index in [1.807, 2.05) is 47.0 Å². The van der Waals surface area contributed by atoms with Gasteiger partial charge in [0, 0.05) is 36.6 Å². The number of hydrogen-bond acceptors (Lipinski definition) is 3. The molecular formula is C10H10N4S. The van der Waals surface area contributed by atoms with Gasteiger partial charge in [0.1, 0.15) is 0 Å². The van der Waals surface area contributed by atoms with Crippen LogP contribution in [0, 0.1) is 6.92 Å². The van der Waals surface area contributed by atoms with E-state index in [1.54, 1.807) is 11.3 Å². The summed E-state index contributed by atoms with van der Waals surface area (Å²) in [5.74, 6) is 0. The Morgan fingerprint density at radius 3 is 2.87 bits per heavy atom. The van der Waals surface area contributed by atoms with Crippen molar-refractivity contribution in [2.75, 3.05) is 0 Å². The summed E-state index contributed by atoms with van der Waals surface area (Å²) >= 11 is 1.64. The molecule has 0 amide bonds. The quantitative estimate of drug-likeness (QED) is 0.627. The molecule has 3 heterocycles. The Bertz CT molecular complexity index is 588. The molecule has 0 aliphatic carbocycles. The molecule has 0 saturated carbocycles. The van der Waals surface area contributed by atoms with Crippen LogP contribution in [0.15, 0.2) is 24.0 Å². The fourth-order valence-electron chi connectivity index (χ4n) is 1.71. The minimum absolute atomic E-state index is 0.993. The first-order valence-electron chi connectivity index (χ1n) is 4.67. The molecule has 0 spiro atoms. The third-order valence-corrected chi connectivity index (χ3v) is 3.15. The van der Waals surface area contributed by atoms with Crippen LogP contribution in [-0.2, 0) is 7.05 Å². The summed E-state index contributed by atoms with van der Waals surface area (Å²) in [5, 5.41) is 6.34. The fraction of sp³-hybridized carbons (Fsp3) is 0.200. The van der Waals surface area contributed by atoms with Crippen LogP contribution in [0.3, 0.4) is 0 Å². The smallest absolute Gasteiger partial charge is 0.194 e. The second-order valence-electron chi connectivity index (χ2n) is 3.52. The summed E-state index contributed by atoms with van der Waals surface area (Å²) in [6.45, 7) is 2.00. The maximum atomic E-state index is 4.55. The van der Waals surface area contributed by atoms with Gasteiger partial charge in [0.15, 0.2) is 4.96 Å². The third kappa shape index (κ3) is 1.27. The van der Waals surface area contributed by atoms with E-state index >= 15 is 0 Å². The highest BCUT2D eigenvalue weighted by molar-refractivity contribution is 7.15. The normalized spacial score (nSPS) is 11.3. The monoisotopic (exact) mass is 218 g/mol. The second kappa shape index (κ2) is 2.93. The summed E-state index contributed by atoms with van der Waals surface area (Å²) in [5.41, 5.74) is 3.11. The van der Waals surface area contributed by atoms with Crippen LogP contribution < -0.4 is 0 Å². The molecule has 0 aliphatic heterocycles. The van der Waals surface area contributed by atoms with Gasteiger partial charge in [-0.3, -0.25) is 9.08 Å². The van der Waals surface area contributed by atoms with E-state index in [0.717, 1.165) is 21.9 Å². The molecule has 0 atom stereocenters. The zero-order valence-electron chi connectivity index (χ0n) is 8.51. The van der Waals surface area contributed by atoms with Crippen molar-refractivity contribution in [2.24, 2.45) is 7.05 Å². The number of nitrogens with zero attached hydrogens (tertiary/aromatic N) is 4. The van der Waals surface area contributed by atoms with Crippen molar-refractivity contribution in [3.05, 3.63) is 29.7 Å². The van der Waals surface area contributed by atoms with Gasteiger partial charge in [0.05, 0.1) is 11.4 Å². The van der Waals surface area contributed by atoms with E-state index in [1.165, 1.54) is 0 Å². The first-order chi connectivity index (χ1) is 7.24. The van der Waals surface area contributed by atoms with Gasteiger partial charge in [-0.15, -0.1) is 11.3 Å². The Hall–Kier alpha value is -1.62. The van der Waals surface area contributed by atoms with E-state index in [2.05, 4.69) is 10.1 Å². The van der Waals surface area contributed by atoms with Gasteiger partial charge in [-0.25, -0.2) is 4.98 Å². The molecule has 3 rings (SSSR count). The van der Waals surface area contributed by atoms with Crippen LogP contribution in [0.25, 0.3) is 16.2 Å². The maximum absolute atomic E-state index is 4.55. The predicted molar refractivity (Wildman–Crippen MR) is 60.0 cm³/mol. The van der Waals surface area contributed by atoms with E-state index in [4.69, 9.17) is 0 Å². The summed E-state index contributed by atoms with van der Waals surface area (Å²) in [6.07, 6.45) is 6.06. The van der Waals surface area contributed by atoms with Crippen molar-refractivity contribution in [1.29, 1.82) is 0 Å². The van der Waals surface area contributed by atoms with E-state index in [9.17, 15) is 0 Å². The van der Waals surface area contributed by atoms with Crippen molar-refractivity contribution < 1.29 is 0 Å². The average Bonchev–Trinajstić information content (AvgIpc) is 2.77. The zero-order chi connectivity index (χ0) is 10.4. The summed E-state index contributed by atoms with van der Waals surface area (Å²) in [6, 6.07) is 0. The molecule has 76 valence electrons. The Morgan fingerprint density at radius 1 is 1.33 bits per heavy atom. The van der Waals surface area contributed by atoms with Crippen molar-refractivity contribution >= 4 is 16.3 Å². The summed E-state index contributed by atoms with van der Waals surface area (Å²) < 4.78 is 3.85. The summed E-state index contributed by atoms with van der Waals surface area (Å²) in [4.78, 5) is 5.57. The van der Waals surface area contributed by atoms with Gasteiger partial charge in [-0.1, -0.05) is 0 Å². The molecule has 0 unspecified atom stereocenters. The average molecular weight is 218 g/mol. The van der Waals surface area contributed by atoms with Crippen LogP contribution >= 0.6 is 11.3 Å². The number of hydrogen-bond donors (Lipinski definition) is 0. The highest BCUT2D eigenvalue weighted by Crippen LogP contribution is 2.23. The van der Waals surface area contributed by atoms with E-state index < -0.39 is 0 Å². The summed E-state index contributed by atoms with van der Waals surface area (Å²) in [7, 11) is 1.93. The molecular weight excluding hydrogens is 208 g/mol. The van der Waals surface area contributed by atoms with Crippen LogP contribution in [0.1, 0.15) is 5.69 Å². The molecule has 4 nitrogen and oxygen atoms in total. The number of thiazole rings is 1. The van der Waals surface area contributed by atoms with Gasteiger partial charge in [-0.05, 0) is 6.92 Å². The highest BCUT2D eigenvalue weighted by Gasteiger charge is 2.10. The van der Waals surface area contributed by atoms with Crippen molar-refractivity contribution in [3.63, 3.8) is 0 Å². The largest absolute Gasteiger partial charge is 0.297 e. The lowest BCUT2D eigenvalue weighted by Gasteiger charge is -1.89. The Morgan fingerprint density at radius 2 is 2.20 bits per heavy atom. The number of imidazole rings is 1. The number of aryl methyl sites for hydroxylation is 2. The molecule has 0 aromatic carbocycles. The zero-order valence-corrected chi connectivity index (χ0v) is 9.32. The number of rotatable bonds is 1. The molecule has 5 heteroatoms. The van der Waals surface area contributed by atoms with Gasteiger partial charge in [0.2, 0.25) is 0 Å². The SMILES string of the molecule is Cc1nn(C)cc1-c1cn2ccsc2n1. The molecule has 0 bridgehead atoms. The lowest BCUT2D eigenvalue weighted by Crippen LogP contribution is -1.86. The van der Waals surface area contributed by atoms with Crippen LogP contribution in [0.2, 0.25) is 0 Å². The number of aromatic nitrogens is 4. The molecule has 0 N–H and O–H groups in total. The molecule has 0 aliphatic rings. The van der Waals surface area contributed by atoms with Crippen LogP contribution in [-0.4, -0.2) is 19.2 Å². The molecule has 3 aromatic heterocycles. The Kier molecular flexibility index (Phi) is 1.70. The molecule has 0 radical (unpaired) electrons. The Balaban J connectivity index is 2.21. The van der Waals surface area contributed by atoms with E-state index in [0.29, 0.717) is 0 Å². The lowest BCUT2D eigenvalue weighted by molar-refractivity contribution is 0.756. The molecule has 15 heavy (non-hydrogen) atoms. The van der Waals surface area contributed by atoms with Crippen LogP contribution in [0.5, 0.6) is 0 Å². The van der Waals surface area contributed by atoms with Crippen molar-refractivity contribution in [3.8, 4) is 11.3 Å². The first-order valence-corrected chi connectivity index (χ1v) is 5.55. The minimum atomic E-state index is 0.993. The highest BCUT2D eigenvalue weighted by atomic mass is 32.1. The van der Waals surface area contributed by atoms with Crippen LogP contribution in [0.4, 0.5) is 0 Å². The van der Waals surface area contributed by atoms with Gasteiger partial charge >= 0.3 is 0 Å². The van der Waals surface area contributed by atoms with Gasteiger partial charge in [-0.2, -0.15) is 5.10 Å². The minimum Gasteiger partial charge on any atom is -0.297 e. The van der Waals surface area contributed by atoms with E-state index in [-0.39, 0.29) is 0 Å².